The summed E-state index contributed by atoms with van der Waals surface area (Å²) in [6, 6.07) is 11.2. The number of fused-ring (bicyclic) bond motifs is 1. The highest BCUT2D eigenvalue weighted by atomic mass is 15.2. The second-order valence-corrected chi connectivity index (χ2v) is 6.15. The quantitative estimate of drug-likeness (QED) is 0.894. The Morgan fingerprint density at radius 1 is 1.16 bits per heavy atom. The van der Waals surface area contributed by atoms with Crippen LogP contribution in [0.1, 0.15) is 45.1 Å². The van der Waals surface area contributed by atoms with Gasteiger partial charge in [-0.1, -0.05) is 25.1 Å². The zero-order valence-electron chi connectivity index (χ0n) is 12.2. The fourth-order valence-corrected chi connectivity index (χ4v) is 3.99. The first kappa shape index (κ1) is 13.0. The molecule has 1 N–H and O–H groups in total. The number of nitrogens with zero attached hydrogens (tertiary/aromatic N) is 1. The van der Waals surface area contributed by atoms with Crippen molar-refractivity contribution in [2.45, 2.75) is 64.1 Å². The van der Waals surface area contributed by atoms with Gasteiger partial charge in [0, 0.05) is 23.8 Å². The summed E-state index contributed by atoms with van der Waals surface area (Å²) < 4.78 is 0. The normalized spacial score (nSPS) is 30.4. The topological polar surface area (TPSA) is 15.3 Å². The zero-order chi connectivity index (χ0) is 13.2. The van der Waals surface area contributed by atoms with Gasteiger partial charge in [-0.05, 0) is 57.2 Å². The molecule has 1 unspecified atom stereocenters. The van der Waals surface area contributed by atoms with Crippen LogP contribution < -0.4 is 10.2 Å². The molecule has 0 bridgehead atoms. The molecule has 1 heterocycles. The van der Waals surface area contributed by atoms with Gasteiger partial charge < -0.3 is 10.2 Å². The first-order chi connectivity index (χ1) is 9.29. The van der Waals surface area contributed by atoms with Gasteiger partial charge >= 0.3 is 0 Å². The summed E-state index contributed by atoms with van der Waals surface area (Å²) in [5.74, 6) is 0. The number of hydrogen-bond donors (Lipinski definition) is 1. The van der Waals surface area contributed by atoms with Crippen molar-refractivity contribution in [1.82, 2.24) is 5.32 Å². The molecule has 1 fully saturated rings. The van der Waals surface area contributed by atoms with E-state index in [-0.39, 0.29) is 0 Å². The largest absolute Gasteiger partial charge is 0.365 e. The van der Waals surface area contributed by atoms with E-state index in [1.54, 1.807) is 5.56 Å². The fourth-order valence-electron chi connectivity index (χ4n) is 3.99. The molecule has 0 radical (unpaired) electrons. The van der Waals surface area contributed by atoms with E-state index in [1.165, 1.54) is 37.8 Å². The lowest BCUT2D eigenvalue weighted by Gasteiger charge is -2.39. The maximum Gasteiger partial charge on any atom is 0.0404 e. The van der Waals surface area contributed by atoms with Crippen LogP contribution in [-0.4, -0.2) is 24.7 Å². The number of hydrogen-bond acceptors (Lipinski definition) is 2. The average molecular weight is 258 g/mol. The molecule has 2 aliphatic rings. The molecule has 1 atom stereocenters. The van der Waals surface area contributed by atoms with E-state index in [0.717, 1.165) is 18.6 Å². The van der Waals surface area contributed by atoms with E-state index in [2.05, 4.69) is 48.3 Å². The molecule has 2 nitrogen and oxygen atoms in total. The molecule has 3 rings (SSSR count). The van der Waals surface area contributed by atoms with Crippen molar-refractivity contribution < 1.29 is 0 Å². The summed E-state index contributed by atoms with van der Waals surface area (Å²) in [6.45, 7) is 5.71. The third-order valence-electron chi connectivity index (χ3n) is 4.84. The van der Waals surface area contributed by atoms with Crippen LogP contribution in [0.25, 0.3) is 0 Å². The Kier molecular flexibility index (Phi) is 3.79. The molecule has 19 heavy (non-hydrogen) atoms. The third-order valence-corrected chi connectivity index (χ3v) is 4.84. The smallest absolute Gasteiger partial charge is 0.0404 e. The Balaban J connectivity index is 1.70. The van der Waals surface area contributed by atoms with Gasteiger partial charge in [-0.25, -0.2) is 0 Å². The predicted molar refractivity (Wildman–Crippen MR) is 81.8 cm³/mol. The minimum absolute atomic E-state index is 0.679. The molecule has 1 aromatic rings. The lowest BCUT2D eigenvalue weighted by atomic mass is 9.89. The summed E-state index contributed by atoms with van der Waals surface area (Å²) in [5, 5.41) is 3.61. The van der Waals surface area contributed by atoms with Crippen molar-refractivity contribution in [2.75, 3.05) is 11.4 Å². The van der Waals surface area contributed by atoms with Crippen LogP contribution in [0.4, 0.5) is 5.69 Å². The predicted octanol–water partition coefficient (Wildman–Crippen LogP) is 3.36. The lowest BCUT2D eigenvalue weighted by molar-refractivity contribution is 0.328. The molecule has 0 amide bonds. The Morgan fingerprint density at radius 3 is 2.63 bits per heavy atom. The first-order valence-corrected chi connectivity index (χ1v) is 7.89. The Hall–Kier alpha value is -1.02. The number of benzene rings is 1. The van der Waals surface area contributed by atoms with E-state index in [4.69, 9.17) is 0 Å². The van der Waals surface area contributed by atoms with Gasteiger partial charge in [0.1, 0.15) is 0 Å². The maximum atomic E-state index is 3.61. The second kappa shape index (κ2) is 5.54. The van der Waals surface area contributed by atoms with Crippen molar-refractivity contribution in [1.29, 1.82) is 0 Å². The molecular formula is C17H26N2. The standard InChI is InChI=1S/C17H26N2/c1-3-18-15-8-10-16(11-9-15)19-13(2)12-14-6-4-5-7-17(14)19/h4-7,13,15-16,18H,3,8-12H2,1-2H3. The molecule has 104 valence electrons. The minimum Gasteiger partial charge on any atom is -0.365 e. The van der Waals surface area contributed by atoms with Gasteiger partial charge in [-0.2, -0.15) is 0 Å². The number of anilines is 1. The van der Waals surface area contributed by atoms with E-state index in [9.17, 15) is 0 Å². The summed E-state index contributed by atoms with van der Waals surface area (Å²) in [7, 11) is 0. The summed E-state index contributed by atoms with van der Waals surface area (Å²) in [4.78, 5) is 2.71. The highest BCUT2D eigenvalue weighted by Crippen LogP contribution is 2.37. The van der Waals surface area contributed by atoms with Crippen LogP contribution in [0.5, 0.6) is 0 Å². The highest BCUT2D eigenvalue weighted by Gasteiger charge is 2.33. The number of rotatable bonds is 3. The second-order valence-electron chi connectivity index (χ2n) is 6.15. The minimum atomic E-state index is 0.679. The SMILES string of the molecule is CCNC1CCC(N2c3ccccc3CC2C)CC1. The molecule has 0 saturated heterocycles. The molecular weight excluding hydrogens is 232 g/mol. The van der Waals surface area contributed by atoms with Gasteiger partial charge in [0.15, 0.2) is 0 Å². The van der Waals surface area contributed by atoms with E-state index in [1.807, 2.05) is 0 Å². The maximum absolute atomic E-state index is 3.61. The van der Waals surface area contributed by atoms with Gasteiger partial charge in [-0.3, -0.25) is 0 Å². The van der Waals surface area contributed by atoms with Gasteiger partial charge in [-0.15, -0.1) is 0 Å². The van der Waals surface area contributed by atoms with Crippen molar-refractivity contribution in [3.05, 3.63) is 29.8 Å². The summed E-state index contributed by atoms with van der Waals surface area (Å²) >= 11 is 0. The van der Waals surface area contributed by atoms with Crippen molar-refractivity contribution in [3.63, 3.8) is 0 Å². The van der Waals surface area contributed by atoms with Crippen LogP contribution in [0.2, 0.25) is 0 Å². The number of nitrogens with one attached hydrogen (secondary N) is 1. The lowest BCUT2D eigenvalue weighted by Crippen LogP contribution is -2.44. The average Bonchev–Trinajstić information content (AvgIpc) is 2.76. The Morgan fingerprint density at radius 2 is 1.89 bits per heavy atom. The van der Waals surface area contributed by atoms with Gasteiger partial charge in [0.25, 0.3) is 0 Å². The van der Waals surface area contributed by atoms with Crippen LogP contribution >= 0.6 is 0 Å². The summed E-state index contributed by atoms with van der Waals surface area (Å²) in [5.41, 5.74) is 3.05. The van der Waals surface area contributed by atoms with Crippen LogP contribution in [0.3, 0.4) is 0 Å². The van der Waals surface area contributed by atoms with Crippen LogP contribution in [0, 0.1) is 0 Å². The monoisotopic (exact) mass is 258 g/mol. The van der Waals surface area contributed by atoms with Gasteiger partial charge in [0.2, 0.25) is 0 Å². The Labute approximate surface area is 117 Å². The van der Waals surface area contributed by atoms with E-state index in [0.29, 0.717) is 6.04 Å². The molecule has 2 heteroatoms. The van der Waals surface area contributed by atoms with Crippen molar-refractivity contribution >= 4 is 5.69 Å². The van der Waals surface area contributed by atoms with Crippen LogP contribution in [-0.2, 0) is 6.42 Å². The number of para-hydroxylation sites is 1. The zero-order valence-corrected chi connectivity index (χ0v) is 12.2. The summed E-state index contributed by atoms with van der Waals surface area (Å²) in [6.07, 6.45) is 6.59. The highest BCUT2D eigenvalue weighted by molar-refractivity contribution is 5.60. The fraction of sp³-hybridized carbons (Fsp3) is 0.647. The molecule has 1 aliphatic carbocycles. The van der Waals surface area contributed by atoms with Gasteiger partial charge in [0.05, 0.1) is 0 Å². The molecule has 1 aliphatic heterocycles. The molecule has 0 spiro atoms. The molecule has 1 saturated carbocycles. The van der Waals surface area contributed by atoms with Crippen molar-refractivity contribution in [3.8, 4) is 0 Å². The molecule has 0 aromatic heterocycles. The third kappa shape index (κ3) is 2.51. The van der Waals surface area contributed by atoms with E-state index < -0.39 is 0 Å². The molecule has 1 aromatic carbocycles. The first-order valence-electron chi connectivity index (χ1n) is 7.89. The van der Waals surface area contributed by atoms with E-state index >= 15 is 0 Å². The Bertz CT molecular complexity index is 421. The van der Waals surface area contributed by atoms with Crippen LogP contribution in [0.15, 0.2) is 24.3 Å². The van der Waals surface area contributed by atoms with Crippen molar-refractivity contribution in [2.24, 2.45) is 0 Å².